The van der Waals surface area contributed by atoms with Crippen LogP contribution < -0.4 is 10.4 Å². The molecule has 2 aromatic rings. The van der Waals surface area contributed by atoms with Gasteiger partial charge in [0.25, 0.3) is 0 Å². The molecule has 0 saturated carbocycles. The van der Waals surface area contributed by atoms with E-state index < -0.39 is 0 Å². The number of fused-ring (bicyclic) bond motifs is 1. The van der Waals surface area contributed by atoms with Gasteiger partial charge >= 0.3 is 5.63 Å². The lowest BCUT2D eigenvalue weighted by Crippen LogP contribution is -2.20. The summed E-state index contributed by atoms with van der Waals surface area (Å²) in [6, 6.07) is 5.71. The SMILES string of the molecule is CC=C(Br)C(CC(C)C)Oc1cc2oc(=O)cc(C)c2cc1CCCCCCCCCCCCCCCCCC. The standard InChI is InChI=1S/C36H57BrO3/c1-6-8-9-10-11-12-13-14-15-16-17-18-19-20-21-22-23-30-26-31-29(5)25-36(38)40-34(31)27-33(30)39-35(24-28(3)4)32(37)7-2/h7,25-28,35H,6,8-24H2,1-5H3. The van der Waals surface area contributed by atoms with Crippen LogP contribution in [0.1, 0.15) is 148 Å². The molecule has 1 aromatic heterocycles. The quantitative estimate of drug-likeness (QED) is 0.0975. The second kappa shape index (κ2) is 20.3. The molecule has 0 N–H and O–H groups in total. The van der Waals surface area contributed by atoms with Gasteiger partial charge in [-0.05, 0) is 56.2 Å². The van der Waals surface area contributed by atoms with Gasteiger partial charge in [-0.3, -0.25) is 0 Å². The number of hydrogen-bond acceptors (Lipinski definition) is 3. The number of allylic oxidation sites excluding steroid dienone is 1. The molecule has 0 amide bonds. The van der Waals surface area contributed by atoms with Crippen molar-refractivity contribution in [2.24, 2.45) is 5.92 Å². The summed E-state index contributed by atoms with van der Waals surface area (Å²) >= 11 is 3.71. The van der Waals surface area contributed by atoms with Gasteiger partial charge in [0, 0.05) is 22.0 Å². The molecule has 0 spiro atoms. The van der Waals surface area contributed by atoms with E-state index >= 15 is 0 Å². The summed E-state index contributed by atoms with van der Waals surface area (Å²) in [5, 5.41) is 1.00. The smallest absolute Gasteiger partial charge is 0.336 e. The fourth-order valence-electron chi connectivity index (χ4n) is 5.54. The minimum Gasteiger partial charge on any atom is -0.485 e. The van der Waals surface area contributed by atoms with Crippen LogP contribution in [0.25, 0.3) is 11.0 Å². The van der Waals surface area contributed by atoms with Crippen molar-refractivity contribution in [2.75, 3.05) is 0 Å². The monoisotopic (exact) mass is 616 g/mol. The van der Waals surface area contributed by atoms with Crippen LogP contribution in [0.4, 0.5) is 0 Å². The first-order chi connectivity index (χ1) is 19.3. The highest BCUT2D eigenvalue weighted by Gasteiger charge is 2.19. The van der Waals surface area contributed by atoms with E-state index in [0.717, 1.165) is 40.4 Å². The first kappa shape index (κ1) is 34.7. The summed E-state index contributed by atoms with van der Waals surface area (Å²) in [6.45, 7) is 10.7. The molecular weight excluding hydrogens is 560 g/mol. The number of benzene rings is 1. The normalized spacial score (nSPS) is 12.9. The zero-order valence-electron chi connectivity index (χ0n) is 26.3. The first-order valence-electron chi connectivity index (χ1n) is 16.4. The lowest BCUT2D eigenvalue weighted by Gasteiger charge is -2.23. The summed E-state index contributed by atoms with van der Waals surface area (Å²) in [4.78, 5) is 12.0. The van der Waals surface area contributed by atoms with E-state index in [-0.39, 0.29) is 11.7 Å². The number of halogens is 1. The van der Waals surface area contributed by atoms with Crippen molar-refractivity contribution in [3.05, 3.63) is 50.3 Å². The molecule has 1 atom stereocenters. The third-order valence-corrected chi connectivity index (χ3v) is 8.94. The van der Waals surface area contributed by atoms with Crippen LogP contribution in [-0.2, 0) is 6.42 Å². The van der Waals surface area contributed by atoms with Crippen molar-refractivity contribution in [3.8, 4) is 5.75 Å². The molecule has 1 aromatic carbocycles. The topological polar surface area (TPSA) is 39.4 Å². The maximum absolute atomic E-state index is 12.0. The van der Waals surface area contributed by atoms with Crippen LogP contribution in [-0.4, -0.2) is 6.10 Å². The molecule has 0 radical (unpaired) electrons. The molecule has 0 saturated heterocycles. The van der Waals surface area contributed by atoms with E-state index in [1.165, 1.54) is 102 Å². The molecule has 0 bridgehead atoms. The fraction of sp³-hybridized carbons (Fsp3) is 0.694. The van der Waals surface area contributed by atoms with Crippen LogP contribution >= 0.6 is 15.9 Å². The van der Waals surface area contributed by atoms with Gasteiger partial charge < -0.3 is 9.15 Å². The van der Waals surface area contributed by atoms with Gasteiger partial charge in [0.05, 0.1) is 0 Å². The van der Waals surface area contributed by atoms with E-state index in [9.17, 15) is 4.79 Å². The van der Waals surface area contributed by atoms with Crippen molar-refractivity contribution >= 4 is 26.9 Å². The summed E-state index contributed by atoms with van der Waals surface area (Å²) in [5.74, 6) is 1.34. The van der Waals surface area contributed by atoms with Gasteiger partial charge in [0.2, 0.25) is 0 Å². The Hall–Kier alpha value is -1.55. The molecule has 226 valence electrons. The van der Waals surface area contributed by atoms with Crippen molar-refractivity contribution in [1.82, 2.24) is 0 Å². The van der Waals surface area contributed by atoms with Gasteiger partial charge in [-0.2, -0.15) is 0 Å². The maximum Gasteiger partial charge on any atom is 0.336 e. The second-order valence-corrected chi connectivity index (χ2v) is 13.1. The van der Waals surface area contributed by atoms with E-state index in [1.54, 1.807) is 6.07 Å². The fourth-order valence-corrected chi connectivity index (χ4v) is 5.82. The predicted octanol–water partition coefficient (Wildman–Crippen LogP) is 12.0. The summed E-state index contributed by atoms with van der Waals surface area (Å²) in [7, 11) is 0. The molecule has 0 aliphatic carbocycles. The third-order valence-electron chi connectivity index (χ3n) is 7.97. The van der Waals surface area contributed by atoms with Crippen molar-refractivity contribution < 1.29 is 9.15 Å². The van der Waals surface area contributed by atoms with Crippen LogP contribution in [0.5, 0.6) is 5.75 Å². The molecule has 4 heteroatoms. The Morgan fingerprint density at radius 3 is 1.88 bits per heavy atom. The van der Waals surface area contributed by atoms with Crippen LogP contribution in [0.3, 0.4) is 0 Å². The van der Waals surface area contributed by atoms with Gasteiger partial charge in [-0.1, -0.05) is 139 Å². The lowest BCUT2D eigenvalue weighted by atomic mass is 10.00. The Balaban J connectivity index is 1.80. The van der Waals surface area contributed by atoms with Crippen molar-refractivity contribution in [3.63, 3.8) is 0 Å². The summed E-state index contributed by atoms with van der Waals surface area (Å²) in [5.41, 5.74) is 2.46. The average Bonchev–Trinajstić information content (AvgIpc) is 2.92. The van der Waals surface area contributed by atoms with Gasteiger partial charge in [-0.25, -0.2) is 4.79 Å². The average molecular weight is 618 g/mol. The molecule has 3 nitrogen and oxygen atoms in total. The highest BCUT2D eigenvalue weighted by molar-refractivity contribution is 9.11. The van der Waals surface area contributed by atoms with Crippen LogP contribution in [0, 0.1) is 12.8 Å². The zero-order valence-corrected chi connectivity index (χ0v) is 27.9. The van der Waals surface area contributed by atoms with Crippen LogP contribution in [0.2, 0.25) is 0 Å². The molecule has 0 aliphatic rings. The number of rotatable bonds is 22. The number of hydrogen-bond donors (Lipinski definition) is 0. The molecule has 1 unspecified atom stereocenters. The van der Waals surface area contributed by atoms with Crippen molar-refractivity contribution in [2.45, 2.75) is 156 Å². The Morgan fingerprint density at radius 1 is 0.850 bits per heavy atom. The summed E-state index contributed by atoms with van der Waals surface area (Å²) < 4.78 is 13.2. The predicted molar refractivity (Wildman–Crippen MR) is 177 cm³/mol. The van der Waals surface area contributed by atoms with Crippen molar-refractivity contribution in [1.29, 1.82) is 0 Å². The van der Waals surface area contributed by atoms with E-state index in [2.05, 4.69) is 48.8 Å². The van der Waals surface area contributed by atoms with E-state index in [0.29, 0.717) is 11.5 Å². The highest BCUT2D eigenvalue weighted by atomic mass is 79.9. The van der Waals surface area contributed by atoms with Gasteiger partial charge in [0.15, 0.2) is 0 Å². The molecular formula is C36H57BrO3. The Kier molecular flexibility index (Phi) is 17.6. The van der Waals surface area contributed by atoms with E-state index in [1.807, 2.05) is 19.9 Å². The minimum absolute atomic E-state index is 0.0523. The van der Waals surface area contributed by atoms with Crippen LogP contribution in [0.15, 0.2) is 38.0 Å². The number of ether oxygens (including phenoxy) is 1. The maximum atomic E-state index is 12.0. The largest absolute Gasteiger partial charge is 0.485 e. The third kappa shape index (κ3) is 13.4. The minimum atomic E-state index is -0.310. The first-order valence-corrected chi connectivity index (χ1v) is 17.2. The highest BCUT2D eigenvalue weighted by Crippen LogP contribution is 2.32. The number of unbranched alkanes of at least 4 members (excludes halogenated alkanes) is 15. The molecule has 40 heavy (non-hydrogen) atoms. The number of aryl methyl sites for hydroxylation is 2. The van der Waals surface area contributed by atoms with E-state index in [4.69, 9.17) is 9.15 Å². The van der Waals surface area contributed by atoms with Gasteiger partial charge in [0.1, 0.15) is 17.4 Å². The molecule has 0 aliphatic heterocycles. The molecule has 0 fully saturated rings. The summed E-state index contributed by atoms with van der Waals surface area (Å²) in [6.07, 6.45) is 25.9. The Morgan fingerprint density at radius 2 is 1.38 bits per heavy atom. The molecule has 1 heterocycles. The molecule has 2 rings (SSSR count). The Bertz CT molecular complexity index is 1050. The van der Waals surface area contributed by atoms with Gasteiger partial charge in [-0.15, -0.1) is 0 Å². The zero-order chi connectivity index (χ0) is 29.2. The Labute approximate surface area is 253 Å². The lowest BCUT2D eigenvalue weighted by molar-refractivity contribution is 0.214. The second-order valence-electron chi connectivity index (χ2n) is 12.2.